The van der Waals surface area contributed by atoms with Gasteiger partial charge in [-0.2, -0.15) is 0 Å². The molecule has 0 aromatic rings. The molecule has 1 aliphatic rings. The summed E-state index contributed by atoms with van der Waals surface area (Å²) in [6, 6.07) is 0. The number of dihydropyridines is 1. The van der Waals surface area contributed by atoms with Crippen LogP contribution in [0.1, 0.15) is 0 Å². The zero-order valence-electron chi connectivity index (χ0n) is 4.94. The van der Waals surface area contributed by atoms with Gasteiger partial charge in [-0.3, -0.25) is 9.79 Å². The van der Waals surface area contributed by atoms with E-state index in [-0.39, 0.29) is 26.6 Å². The standard InChI is InChI=1S/C6H4NO2.W/c8-4-5-2-1-3-7-6(5)9;/h2-4,8H;/q-1;/b5-4-;. The summed E-state index contributed by atoms with van der Waals surface area (Å²) in [6.07, 6.45) is 5.89. The minimum atomic E-state index is -0.434. The fourth-order valence-electron chi connectivity index (χ4n) is 0.452. The quantitative estimate of drug-likeness (QED) is 0.400. The third kappa shape index (κ3) is 1.92. The Hall–Kier alpha value is -0.692. The van der Waals surface area contributed by atoms with Gasteiger partial charge in [-0.05, 0) is 0 Å². The molecule has 0 saturated heterocycles. The number of aliphatic hydroxyl groups is 1. The van der Waals surface area contributed by atoms with Gasteiger partial charge in [-0.15, -0.1) is 0 Å². The number of allylic oxidation sites excluding steroid dienone is 1. The van der Waals surface area contributed by atoms with Crippen LogP contribution in [0.3, 0.4) is 0 Å². The summed E-state index contributed by atoms with van der Waals surface area (Å²) in [7, 11) is 0. The topological polar surface area (TPSA) is 49.7 Å². The van der Waals surface area contributed by atoms with Gasteiger partial charge in [-0.1, -0.05) is 11.8 Å². The predicted molar refractivity (Wildman–Crippen MR) is 32.0 cm³/mol. The second kappa shape index (κ2) is 4.18. The van der Waals surface area contributed by atoms with E-state index in [4.69, 9.17) is 5.11 Å². The summed E-state index contributed by atoms with van der Waals surface area (Å²) < 4.78 is 0. The number of nitrogens with zero attached hydrogens (tertiary/aromatic N) is 1. The largest absolute Gasteiger partial charge is 0.534 e. The van der Waals surface area contributed by atoms with Gasteiger partial charge in [-0.25, -0.2) is 12.2 Å². The first-order chi connectivity index (χ1) is 4.34. The first-order valence-electron chi connectivity index (χ1n) is 2.35. The Morgan fingerprint density at radius 2 is 2.40 bits per heavy atom. The van der Waals surface area contributed by atoms with Gasteiger partial charge in [0.05, 0.1) is 0 Å². The summed E-state index contributed by atoms with van der Waals surface area (Å²) in [5, 5.41) is 8.33. The van der Waals surface area contributed by atoms with Crippen LogP contribution in [0.5, 0.6) is 0 Å². The molecule has 10 heavy (non-hydrogen) atoms. The van der Waals surface area contributed by atoms with Crippen LogP contribution in [0.2, 0.25) is 0 Å². The molecule has 0 bridgehead atoms. The molecule has 0 aromatic heterocycles. The molecule has 1 N–H and O–H groups in total. The van der Waals surface area contributed by atoms with Crippen molar-refractivity contribution in [3.8, 4) is 0 Å². The zero-order chi connectivity index (χ0) is 6.69. The number of amides is 1. The van der Waals surface area contributed by atoms with Crippen LogP contribution in [0.4, 0.5) is 0 Å². The van der Waals surface area contributed by atoms with E-state index in [1.54, 1.807) is 0 Å². The number of aliphatic hydroxyl groups excluding tert-OH is 1. The molecule has 0 unspecified atom stereocenters. The van der Waals surface area contributed by atoms with E-state index in [1.165, 1.54) is 12.3 Å². The van der Waals surface area contributed by atoms with Crippen molar-refractivity contribution in [2.75, 3.05) is 0 Å². The van der Waals surface area contributed by atoms with Crippen molar-refractivity contribution in [3.63, 3.8) is 0 Å². The number of carbonyl (C=O) groups is 1. The Morgan fingerprint density at radius 1 is 1.70 bits per heavy atom. The van der Waals surface area contributed by atoms with Crippen molar-refractivity contribution in [2.24, 2.45) is 4.99 Å². The maximum absolute atomic E-state index is 10.5. The summed E-state index contributed by atoms with van der Waals surface area (Å²) in [6.45, 7) is 0. The second-order valence-corrected chi connectivity index (χ2v) is 1.46. The van der Waals surface area contributed by atoms with E-state index in [0.717, 1.165) is 0 Å². The molecule has 0 atom stereocenters. The molecule has 0 fully saturated rings. The van der Waals surface area contributed by atoms with Crippen molar-refractivity contribution >= 4 is 12.1 Å². The Bertz CT molecular complexity index is 218. The second-order valence-electron chi connectivity index (χ2n) is 1.46. The minimum Gasteiger partial charge on any atom is -0.534 e. The maximum Gasteiger partial charge on any atom is 0.196 e. The van der Waals surface area contributed by atoms with Crippen LogP contribution < -0.4 is 0 Å². The van der Waals surface area contributed by atoms with E-state index < -0.39 is 5.91 Å². The number of rotatable bonds is 0. The molecular weight excluding hydrogens is 302 g/mol. The van der Waals surface area contributed by atoms with Gasteiger partial charge < -0.3 is 5.11 Å². The molecule has 3 nitrogen and oxygen atoms in total. The molecule has 0 spiro atoms. The first-order valence-corrected chi connectivity index (χ1v) is 2.35. The van der Waals surface area contributed by atoms with Crippen LogP contribution in [-0.4, -0.2) is 17.2 Å². The van der Waals surface area contributed by atoms with Crippen LogP contribution in [-0.2, 0) is 25.9 Å². The minimum absolute atomic E-state index is 0. The first kappa shape index (κ1) is 9.31. The Balaban J connectivity index is 0.000000810. The van der Waals surface area contributed by atoms with Crippen molar-refractivity contribution < 1.29 is 31.0 Å². The fourth-order valence-corrected chi connectivity index (χ4v) is 0.452. The van der Waals surface area contributed by atoms with Crippen molar-refractivity contribution in [2.45, 2.75) is 0 Å². The van der Waals surface area contributed by atoms with E-state index in [2.05, 4.69) is 11.1 Å². The van der Waals surface area contributed by atoms with E-state index in [1.807, 2.05) is 0 Å². The van der Waals surface area contributed by atoms with Crippen LogP contribution >= 0.6 is 0 Å². The van der Waals surface area contributed by atoms with Crippen LogP contribution in [0.15, 0.2) is 22.9 Å². The molecule has 1 amide bonds. The van der Waals surface area contributed by atoms with Gasteiger partial charge in [0.1, 0.15) is 0 Å². The molecule has 0 aromatic carbocycles. The van der Waals surface area contributed by atoms with Crippen LogP contribution in [0, 0.1) is 6.08 Å². The summed E-state index contributed by atoms with van der Waals surface area (Å²) in [4.78, 5) is 13.9. The number of hydrogen-bond acceptors (Lipinski definition) is 2. The average Bonchev–Trinajstić information content (AvgIpc) is 1.89. The summed E-state index contributed by atoms with van der Waals surface area (Å²) >= 11 is 0. The Morgan fingerprint density at radius 3 is 2.80 bits per heavy atom. The summed E-state index contributed by atoms with van der Waals surface area (Å²) in [5.74, 6) is -0.434. The molecule has 1 heterocycles. The molecule has 1 rings (SSSR count). The molecule has 0 aliphatic carbocycles. The molecule has 1 aliphatic heterocycles. The predicted octanol–water partition coefficient (Wildman–Crippen LogP) is 0.396. The van der Waals surface area contributed by atoms with Gasteiger partial charge in [0.2, 0.25) is 0 Å². The van der Waals surface area contributed by atoms with E-state index >= 15 is 0 Å². The third-order valence-corrected chi connectivity index (χ3v) is 0.881. The van der Waals surface area contributed by atoms with E-state index in [0.29, 0.717) is 6.26 Å². The molecule has 0 saturated carbocycles. The van der Waals surface area contributed by atoms with Gasteiger partial charge >= 0.3 is 0 Å². The molecule has 4 heteroatoms. The van der Waals surface area contributed by atoms with Crippen molar-refractivity contribution in [1.82, 2.24) is 0 Å². The number of aliphatic imine (C=N–C) groups is 1. The Kier molecular flexibility index (Phi) is 3.89. The van der Waals surface area contributed by atoms with Crippen molar-refractivity contribution in [3.05, 3.63) is 24.0 Å². The smallest absolute Gasteiger partial charge is 0.196 e. The summed E-state index contributed by atoms with van der Waals surface area (Å²) in [5.41, 5.74) is 0.164. The van der Waals surface area contributed by atoms with Gasteiger partial charge in [0, 0.05) is 27.3 Å². The zero-order valence-corrected chi connectivity index (χ0v) is 7.88. The molecular formula is C6H4NO2W-. The molecule has 0 radical (unpaired) electrons. The van der Waals surface area contributed by atoms with Crippen molar-refractivity contribution in [1.29, 1.82) is 0 Å². The SMILES string of the molecule is O=C1N=C[C-]=C/C1=C/O.[W]. The van der Waals surface area contributed by atoms with Gasteiger partial charge in [0.25, 0.3) is 0 Å². The number of hydrogen-bond donors (Lipinski definition) is 1. The average molecular weight is 306 g/mol. The van der Waals surface area contributed by atoms with Gasteiger partial charge in [0.15, 0.2) is 5.91 Å². The normalized spacial score (nSPS) is 19.2. The number of carbonyl (C=O) groups excluding carboxylic acids is 1. The van der Waals surface area contributed by atoms with Crippen LogP contribution in [0.25, 0.3) is 0 Å². The van der Waals surface area contributed by atoms with E-state index in [9.17, 15) is 4.79 Å². The Labute approximate surface area is 72.4 Å². The fraction of sp³-hybridized carbons (Fsp3) is 0. The molecule has 52 valence electrons. The monoisotopic (exact) mass is 306 g/mol. The maximum atomic E-state index is 10.5. The third-order valence-electron chi connectivity index (χ3n) is 0.881.